The van der Waals surface area contributed by atoms with E-state index in [9.17, 15) is 0 Å². The van der Waals surface area contributed by atoms with Crippen molar-refractivity contribution in [2.45, 2.75) is 20.8 Å². The molecule has 0 atom stereocenters. The van der Waals surface area contributed by atoms with Crippen LogP contribution in [0.15, 0.2) is 42.6 Å². The molecule has 3 heterocycles. The van der Waals surface area contributed by atoms with Gasteiger partial charge in [-0.1, -0.05) is 53.0 Å². The van der Waals surface area contributed by atoms with Crippen molar-refractivity contribution in [3.05, 3.63) is 74.7 Å². The molecule has 31 heavy (non-hydrogen) atoms. The Morgan fingerprint density at radius 2 is 1.58 bits per heavy atom. The fourth-order valence-electron chi connectivity index (χ4n) is 4.10. The maximum absolute atomic E-state index is 6.60. The van der Waals surface area contributed by atoms with Gasteiger partial charge in [0.05, 0.1) is 33.5 Å². The topological polar surface area (TPSA) is 56.5 Å². The van der Waals surface area contributed by atoms with Crippen LogP contribution < -0.4 is 0 Å². The van der Waals surface area contributed by atoms with Gasteiger partial charge in [-0.05, 0) is 55.6 Å². The summed E-state index contributed by atoms with van der Waals surface area (Å²) in [6.07, 6.45) is 1.84. The maximum Gasteiger partial charge on any atom is 0.225 e. The van der Waals surface area contributed by atoms with Crippen LogP contribution in [0.1, 0.15) is 16.7 Å². The van der Waals surface area contributed by atoms with Gasteiger partial charge in [0.25, 0.3) is 0 Å². The second-order valence-corrected chi connectivity index (χ2v) is 8.62. The fourth-order valence-corrected chi connectivity index (χ4v) is 4.78. The molecule has 0 saturated carbocycles. The summed E-state index contributed by atoms with van der Waals surface area (Å²) in [7, 11) is 0. The molecule has 2 aromatic carbocycles. The summed E-state index contributed by atoms with van der Waals surface area (Å²) in [5.74, 6) is 0. The minimum Gasteiger partial charge on any atom is -0.233 e. The Morgan fingerprint density at radius 3 is 2.32 bits per heavy atom. The van der Waals surface area contributed by atoms with Crippen molar-refractivity contribution in [1.29, 1.82) is 0 Å². The summed E-state index contributed by atoms with van der Waals surface area (Å²) in [4.78, 5) is 12.8. The normalized spacial score (nSPS) is 11.5. The van der Waals surface area contributed by atoms with Crippen molar-refractivity contribution in [3.8, 4) is 16.9 Å². The number of rotatable bonds is 2. The first-order valence-corrected chi connectivity index (χ1v) is 10.7. The number of fused-ring (bicyclic) bond motifs is 2. The molecule has 0 aliphatic heterocycles. The van der Waals surface area contributed by atoms with Gasteiger partial charge < -0.3 is 0 Å². The minimum absolute atomic E-state index is 0.0367. The lowest BCUT2D eigenvalue weighted by Gasteiger charge is -2.13. The zero-order chi connectivity index (χ0) is 21.9. The van der Waals surface area contributed by atoms with Crippen molar-refractivity contribution >= 4 is 56.7 Å². The quantitative estimate of drug-likeness (QED) is 0.208. The summed E-state index contributed by atoms with van der Waals surface area (Å²) in [6.45, 7) is 6.29. The number of hydrogen-bond acceptors (Lipinski definition) is 4. The van der Waals surface area contributed by atoms with Gasteiger partial charge in [-0.25, -0.2) is 14.6 Å². The van der Waals surface area contributed by atoms with E-state index in [1.807, 2.05) is 29.1 Å². The van der Waals surface area contributed by atoms with Gasteiger partial charge in [-0.2, -0.15) is 10.1 Å². The monoisotopic (exact) mass is 467 g/mol. The second kappa shape index (κ2) is 7.45. The lowest BCUT2D eigenvalue weighted by atomic mass is 10.0. The molecule has 0 aliphatic rings. The van der Waals surface area contributed by atoms with Crippen molar-refractivity contribution in [2.75, 3.05) is 0 Å². The average Bonchev–Trinajstić information content (AvgIpc) is 3.11. The molecule has 5 aromatic rings. The van der Waals surface area contributed by atoms with Gasteiger partial charge in [0.1, 0.15) is 5.15 Å². The molecule has 0 fully saturated rings. The highest BCUT2D eigenvalue weighted by Gasteiger charge is 2.18. The van der Waals surface area contributed by atoms with E-state index in [-0.39, 0.29) is 10.4 Å². The third-order valence-electron chi connectivity index (χ3n) is 5.28. The number of benzene rings is 2. The summed E-state index contributed by atoms with van der Waals surface area (Å²) in [5, 5.41) is 6.88. The van der Waals surface area contributed by atoms with Crippen LogP contribution in [0.3, 0.4) is 0 Å². The van der Waals surface area contributed by atoms with Crippen LogP contribution in [-0.2, 0) is 0 Å². The molecule has 3 aromatic heterocycles. The van der Waals surface area contributed by atoms with E-state index in [4.69, 9.17) is 39.9 Å². The number of hydrogen-bond donors (Lipinski definition) is 0. The molecule has 0 N–H and O–H groups in total. The Bertz CT molecular complexity index is 1480. The fraction of sp³-hybridized carbons (Fsp3) is 0.130. The van der Waals surface area contributed by atoms with E-state index < -0.39 is 0 Å². The van der Waals surface area contributed by atoms with Crippen LogP contribution in [0.5, 0.6) is 0 Å². The molecule has 0 unspecified atom stereocenters. The Kier molecular flexibility index (Phi) is 4.85. The lowest BCUT2D eigenvalue weighted by Crippen LogP contribution is -2.02. The Morgan fingerprint density at radius 1 is 0.839 bits per heavy atom. The first kappa shape index (κ1) is 20.2. The number of pyridine rings is 1. The zero-order valence-electron chi connectivity index (χ0n) is 16.9. The van der Waals surface area contributed by atoms with E-state index in [1.165, 1.54) is 5.56 Å². The summed E-state index contributed by atoms with van der Waals surface area (Å²) >= 11 is 18.8. The Hall–Kier alpha value is -2.73. The van der Waals surface area contributed by atoms with Crippen molar-refractivity contribution < 1.29 is 0 Å². The standard InChI is InChI=1S/C23H16Cl3N5/c1-11-7-12(2)20(13(3)8-11)31-18-6-4-5-14(16(18)10-27-31)19-17(24)9-15-21(25)29-23(26)30-22(15)28-19/h4-10H,1-3H3. The minimum atomic E-state index is 0.0367. The van der Waals surface area contributed by atoms with Gasteiger partial charge >= 0.3 is 0 Å². The van der Waals surface area contributed by atoms with E-state index >= 15 is 0 Å². The number of halogens is 3. The number of aromatic nitrogens is 5. The van der Waals surface area contributed by atoms with E-state index in [2.05, 4.69) is 47.9 Å². The number of aryl methyl sites for hydroxylation is 3. The van der Waals surface area contributed by atoms with Gasteiger partial charge in [0, 0.05) is 10.9 Å². The van der Waals surface area contributed by atoms with Crippen LogP contribution in [0.25, 0.3) is 38.9 Å². The van der Waals surface area contributed by atoms with E-state index in [0.717, 1.165) is 33.3 Å². The molecular formula is C23H16Cl3N5. The highest BCUT2D eigenvalue weighted by molar-refractivity contribution is 6.37. The van der Waals surface area contributed by atoms with E-state index in [0.29, 0.717) is 21.7 Å². The van der Waals surface area contributed by atoms with Crippen LogP contribution in [0, 0.1) is 20.8 Å². The number of nitrogens with zero attached hydrogens (tertiary/aromatic N) is 5. The molecule has 5 nitrogen and oxygen atoms in total. The molecule has 5 rings (SSSR count). The SMILES string of the molecule is Cc1cc(C)c(-n2ncc3c(-c4nc5nc(Cl)nc(Cl)c5cc4Cl)cccc32)c(C)c1. The largest absolute Gasteiger partial charge is 0.233 e. The van der Waals surface area contributed by atoms with Crippen molar-refractivity contribution in [3.63, 3.8) is 0 Å². The van der Waals surface area contributed by atoms with Crippen molar-refractivity contribution in [1.82, 2.24) is 24.7 Å². The Balaban J connectivity index is 1.76. The van der Waals surface area contributed by atoms with E-state index in [1.54, 1.807) is 6.07 Å². The third-order valence-corrected chi connectivity index (χ3v) is 6.03. The zero-order valence-corrected chi connectivity index (χ0v) is 19.2. The predicted octanol–water partition coefficient (Wildman–Crippen LogP) is 6.92. The molecule has 0 bridgehead atoms. The van der Waals surface area contributed by atoms with Crippen LogP contribution >= 0.6 is 34.8 Å². The molecule has 0 aliphatic carbocycles. The molecule has 0 spiro atoms. The van der Waals surface area contributed by atoms with Crippen LogP contribution in [-0.4, -0.2) is 24.7 Å². The molecule has 8 heteroatoms. The molecule has 0 saturated heterocycles. The van der Waals surface area contributed by atoms with Gasteiger partial charge in [0.15, 0.2) is 5.65 Å². The smallest absolute Gasteiger partial charge is 0.225 e. The average molecular weight is 469 g/mol. The summed E-state index contributed by atoms with van der Waals surface area (Å²) in [6, 6.07) is 12.0. The van der Waals surface area contributed by atoms with Gasteiger partial charge in [0.2, 0.25) is 5.28 Å². The molecule has 0 amide bonds. The van der Waals surface area contributed by atoms with Gasteiger partial charge in [-0.3, -0.25) is 0 Å². The third kappa shape index (κ3) is 3.33. The summed E-state index contributed by atoms with van der Waals surface area (Å²) in [5.41, 5.74) is 7.41. The molecule has 0 radical (unpaired) electrons. The highest BCUT2D eigenvalue weighted by Crippen LogP contribution is 2.36. The first-order valence-electron chi connectivity index (χ1n) is 9.58. The lowest BCUT2D eigenvalue weighted by molar-refractivity contribution is 0.892. The van der Waals surface area contributed by atoms with Crippen LogP contribution in [0.4, 0.5) is 0 Å². The first-order chi connectivity index (χ1) is 14.8. The molecular weight excluding hydrogens is 453 g/mol. The second-order valence-electron chi connectivity index (χ2n) is 7.52. The predicted molar refractivity (Wildman–Crippen MR) is 127 cm³/mol. The summed E-state index contributed by atoms with van der Waals surface area (Å²) < 4.78 is 1.97. The van der Waals surface area contributed by atoms with Gasteiger partial charge in [-0.15, -0.1) is 0 Å². The van der Waals surface area contributed by atoms with Crippen molar-refractivity contribution in [2.24, 2.45) is 0 Å². The van der Waals surface area contributed by atoms with Crippen LogP contribution in [0.2, 0.25) is 15.5 Å². The Labute approximate surface area is 193 Å². The molecule has 154 valence electrons. The maximum atomic E-state index is 6.60. The highest BCUT2D eigenvalue weighted by atomic mass is 35.5.